The lowest BCUT2D eigenvalue weighted by atomic mass is 10.2. The molecule has 0 bridgehead atoms. The van der Waals surface area contributed by atoms with Crippen molar-refractivity contribution in [3.8, 4) is 0 Å². The zero-order valence-corrected chi connectivity index (χ0v) is 11.4. The normalized spacial score (nSPS) is 12.4. The Hall–Kier alpha value is -0.950. The van der Waals surface area contributed by atoms with Gasteiger partial charge in [0.2, 0.25) is 0 Å². The number of benzene rings is 1. The monoisotopic (exact) mass is 276 g/mol. The minimum absolute atomic E-state index is 0.268. The van der Waals surface area contributed by atoms with E-state index >= 15 is 0 Å². The lowest BCUT2D eigenvalue weighted by molar-refractivity contribution is 0.0801. The third-order valence-electron chi connectivity index (χ3n) is 1.79. The zero-order valence-electron chi connectivity index (χ0n) is 10.6. The van der Waals surface area contributed by atoms with Crippen molar-refractivity contribution in [2.24, 2.45) is 0 Å². The molecule has 0 saturated heterocycles. The maximum atomic E-state index is 9.19. The third kappa shape index (κ3) is 15.0. The molecule has 2 N–H and O–H groups in total. The van der Waals surface area contributed by atoms with Crippen LogP contribution in [0.1, 0.15) is 18.9 Å². The molecule has 0 aliphatic rings. The van der Waals surface area contributed by atoms with Crippen LogP contribution < -0.4 is 0 Å². The highest BCUT2D eigenvalue weighted by Crippen LogP contribution is 2.01. The number of rotatable bonds is 5. The predicted octanol–water partition coefficient (Wildman–Crippen LogP) is 1.48. The molecule has 5 nitrogen and oxygen atoms in total. The van der Waals surface area contributed by atoms with E-state index in [0.29, 0.717) is 25.9 Å². The minimum atomic E-state index is -3.67. The Morgan fingerprint density at radius 2 is 1.78 bits per heavy atom. The summed E-state index contributed by atoms with van der Waals surface area (Å²) in [5, 5.41) is 8.97. The Morgan fingerprint density at radius 3 is 2.22 bits per heavy atom. The van der Waals surface area contributed by atoms with Crippen LogP contribution in [0.2, 0.25) is 0 Å². The smallest absolute Gasteiger partial charge is 0.261 e. The lowest BCUT2D eigenvalue weighted by Crippen LogP contribution is -2.05. The molecule has 0 radical (unpaired) electrons. The van der Waals surface area contributed by atoms with Crippen molar-refractivity contribution in [2.45, 2.75) is 26.1 Å². The topological polar surface area (TPSA) is 83.8 Å². The van der Waals surface area contributed by atoms with Crippen molar-refractivity contribution in [1.29, 1.82) is 0 Å². The quantitative estimate of drug-likeness (QED) is 0.628. The summed E-state index contributed by atoms with van der Waals surface area (Å²) in [5.74, 6) is 0. The van der Waals surface area contributed by atoms with Crippen LogP contribution in [0.15, 0.2) is 30.3 Å². The molecule has 0 aromatic heterocycles. The summed E-state index contributed by atoms with van der Waals surface area (Å²) in [5.41, 5.74) is 1.17. The molecule has 18 heavy (non-hydrogen) atoms. The van der Waals surface area contributed by atoms with Gasteiger partial charge in [0.25, 0.3) is 10.1 Å². The second-order valence-electron chi connectivity index (χ2n) is 3.91. The Bertz CT molecular complexity index is 392. The van der Waals surface area contributed by atoms with E-state index in [0.717, 1.165) is 0 Å². The molecular weight excluding hydrogens is 256 g/mol. The largest absolute Gasteiger partial charge is 0.393 e. The van der Waals surface area contributed by atoms with Gasteiger partial charge in [-0.15, -0.1) is 0 Å². The molecule has 0 saturated carbocycles. The summed E-state index contributed by atoms with van der Waals surface area (Å²) in [7, 11) is -3.67. The van der Waals surface area contributed by atoms with Gasteiger partial charge in [-0.2, -0.15) is 8.42 Å². The van der Waals surface area contributed by atoms with E-state index in [9.17, 15) is 8.42 Å². The van der Waals surface area contributed by atoms with Gasteiger partial charge in [-0.25, -0.2) is 0 Å². The molecule has 0 fully saturated rings. The molecule has 1 unspecified atom stereocenters. The van der Waals surface area contributed by atoms with Gasteiger partial charge in [-0.3, -0.25) is 4.55 Å². The van der Waals surface area contributed by atoms with E-state index in [-0.39, 0.29) is 6.10 Å². The van der Waals surface area contributed by atoms with Crippen LogP contribution in [0.25, 0.3) is 0 Å². The first-order chi connectivity index (χ1) is 8.29. The molecule has 0 aliphatic carbocycles. The second-order valence-corrected chi connectivity index (χ2v) is 5.37. The number of ether oxygens (including phenoxy) is 1. The summed E-state index contributed by atoms with van der Waals surface area (Å²) in [6, 6.07) is 10.0. The van der Waals surface area contributed by atoms with Crippen LogP contribution in [0.5, 0.6) is 0 Å². The zero-order chi connectivity index (χ0) is 14.0. The standard InChI is InChI=1S/C11H16O2.CH4O3S/c1-10(12)7-8-13-9-11-5-3-2-4-6-11;1-5(2,3)4/h2-6,10,12H,7-9H2,1H3;1H3,(H,2,3,4). The van der Waals surface area contributed by atoms with Gasteiger partial charge < -0.3 is 9.84 Å². The van der Waals surface area contributed by atoms with Crippen molar-refractivity contribution in [2.75, 3.05) is 12.9 Å². The van der Waals surface area contributed by atoms with E-state index in [4.69, 9.17) is 14.4 Å². The first kappa shape index (κ1) is 17.1. The fourth-order valence-electron chi connectivity index (χ4n) is 1.02. The van der Waals surface area contributed by atoms with E-state index in [1.807, 2.05) is 30.3 Å². The highest BCUT2D eigenvalue weighted by atomic mass is 32.2. The fourth-order valence-corrected chi connectivity index (χ4v) is 1.02. The van der Waals surface area contributed by atoms with E-state index < -0.39 is 10.1 Å². The SMILES string of the molecule is CC(O)CCOCc1ccccc1.CS(=O)(=O)O. The van der Waals surface area contributed by atoms with E-state index in [1.54, 1.807) is 6.92 Å². The first-order valence-corrected chi connectivity index (χ1v) is 7.36. The van der Waals surface area contributed by atoms with Crippen LogP contribution in [0.3, 0.4) is 0 Å². The van der Waals surface area contributed by atoms with Crippen LogP contribution in [-0.2, 0) is 21.5 Å². The van der Waals surface area contributed by atoms with Crippen molar-refractivity contribution in [1.82, 2.24) is 0 Å². The molecule has 0 spiro atoms. The van der Waals surface area contributed by atoms with Crippen molar-refractivity contribution in [3.63, 3.8) is 0 Å². The van der Waals surface area contributed by atoms with Gasteiger partial charge in [-0.1, -0.05) is 30.3 Å². The average molecular weight is 276 g/mol. The summed E-state index contributed by atoms with van der Waals surface area (Å²) < 4.78 is 31.2. The van der Waals surface area contributed by atoms with Gasteiger partial charge in [-0.05, 0) is 18.9 Å². The fraction of sp³-hybridized carbons (Fsp3) is 0.500. The van der Waals surface area contributed by atoms with Crippen molar-refractivity contribution < 1.29 is 22.8 Å². The molecule has 0 amide bonds. The van der Waals surface area contributed by atoms with Crippen LogP contribution in [0, 0.1) is 0 Å². The Kier molecular flexibility index (Phi) is 8.57. The molecule has 1 aromatic rings. The Balaban J connectivity index is 0.000000494. The average Bonchev–Trinajstić information content (AvgIpc) is 2.23. The van der Waals surface area contributed by atoms with Crippen molar-refractivity contribution in [3.05, 3.63) is 35.9 Å². The van der Waals surface area contributed by atoms with Crippen LogP contribution in [0.4, 0.5) is 0 Å². The highest BCUT2D eigenvalue weighted by molar-refractivity contribution is 7.85. The molecule has 1 atom stereocenters. The maximum Gasteiger partial charge on any atom is 0.261 e. The van der Waals surface area contributed by atoms with Crippen LogP contribution >= 0.6 is 0 Å². The number of aliphatic hydroxyl groups is 1. The molecular formula is C12H20O5S. The molecule has 6 heteroatoms. The third-order valence-corrected chi connectivity index (χ3v) is 1.79. The predicted molar refractivity (Wildman–Crippen MR) is 69.9 cm³/mol. The second kappa shape index (κ2) is 9.04. The van der Waals surface area contributed by atoms with Gasteiger partial charge in [0.15, 0.2) is 0 Å². The Morgan fingerprint density at radius 1 is 1.28 bits per heavy atom. The molecule has 0 heterocycles. The lowest BCUT2D eigenvalue weighted by Gasteiger charge is -2.05. The first-order valence-electron chi connectivity index (χ1n) is 5.51. The van der Waals surface area contributed by atoms with Gasteiger partial charge in [0, 0.05) is 6.61 Å². The Labute approximate surface area is 108 Å². The van der Waals surface area contributed by atoms with Gasteiger partial charge >= 0.3 is 0 Å². The number of hydrogen-bond donors (Lipinski definition) is 2. The highest BCUT2D eigenvalue weighted by Gasteiger charge is 1.95. The van der Waals surface area contributed by atoms with E-state index in [1.165, 1.54) is 5.56 Å². The summed E-state index contributed by atoms with van der Waals surface area (Å²) in [4.78, 5) is 0. The van der Waals surface area contributed by atoms with Crippen LogP contribution in [-0.4, -0.2) is 37.0 Å². The minimum Gasteiger partial charge on any atom is -0.393 e. The molecule has 1 rings (SSSR count). The molecule has 104 valence electrons. The molecule has 1 aromatic carbocycles. The summed E-state index contributed by atoms with van der Waals surface area (Å²) in [6.07, 6.45) is 1.15. The van der Waals surface area contributed by atoms with E-state index in [2.05, 4.69) is 0 Å². The number of aliphatic hydroxyl groups excluding tert-OH is 1. The van der Waals surface area contributed by atoms with Crippen molar-refractivity contribution >= 4 is 10.1 Å². The van der Waals surface area contributed by atoms with Gasteiger partial charge in [0.1, 0.15) is 0 Å². The maximum absolute atomic E-state index is 9.19. The summed E-state index contributed by atoms with van der Waals surface area (Å²) in [6.45, 7) is 3.02. The summed E-state index contributed by atoms with van der Waals surface area (Å²) >= 11 is 0. The van der Waals surface area contributed by atoms with Gasteiger partial charge in [0.05, 0.1) is 19.0 Å². The molecule has 0 aliphatic heterocycles. The number of hydrogen-bond acceptors (Lipinski definition) is 4.